The van der Waals surface area contributed by atoms with E-state index in [1.54, 1.807) is 12.4 Å². The molecule has 4 N–H and O–H groups in total. The summed E-state index contributed by atoms with van der Waals surface area (Å²) in [6.45, 7) is 3.62. The summed E-state index contributed by atoms with van der Waals surface area (Å²) in [5.74, 6) is 0. The van der Waals surface area contributed by atoms with Crippen molar-refractivity contribution < 1.29 is 19.5 Å². The number of hydrogen-bond acceptors (Lipinski definition) is 4. The second kappa shape index (κ2) is 14.1. The van der Waals surface area contributed by atoms with Gasteiger partial charge in [-0.15, -0.1) is 0 Å². The van der Waals surface area contributed by atoms with Crippen molar-refractivity contribution >= 4 is 46.1 Å². The molecule has 0 spiro atoms. The van der Waals surface area contributed by atoms with Crippen LogP contribution in [-0.2, 0) is 43.9 Å². The molecule has 2 heterocycles. The fourth-order valence-electron chi connectivity index (χ4n) is 1.51. The van der Waals surface area contributed by atoms with Gasteiger partial charge in [0.25, 0.3) is 0 Å². The Balaban J connectivity index is 0.000000483. The number of nitrogens with zero attached hydrogens (tertiary/aromatic N) is 6. The molecule has 0 amide bonds. The van der Waals surface area contributed by atoms with Crippen LogP contribution >= 0.6 is 0 Å². The van der Waals surface area contributed by atoms with Gasteiger partial charge in [0, 0.05) is 43.3 Å². The van der Waals surface area contributed by atoms with E-state index in [1.165, 1.54) is 0 Å². The van der Waals surface area contributed by atoms with Gasteiger partial charge >= 0.3 is 0 Å². The second-order valence-corrected chi connectivity index (χ2v) is 5.63. The van der Waals surface area contributed by atoms with E-state index in [0.29, 0.717) is 11.4 Å². The maximum Gasteiger partial charge on any atom is 0.183 e. The standard InChI is InChI=1S/2C8H10N4S.Zn/c2*1-6(11-12-8(9)13)7-4-2-3-5-10-7;/h2*2-5H,1H3,(H3,9,10,12,13);. The summed E-state index contributed by atoms with van der Waals surface area (Å²) in [7, 11) is 0. The van der Waals surface area contributed by atoms with E-state index >= 15 is 0 Å². The van der Waals surface area contributed by atoms with E-state index in [9.17, 15) is 0 Å². The molecule has 0 radical (unpaired) electrons. The van der Waals surface area contributed by atoms with Crippen LogP contribution in [0.2, 0.25) is 0 Å². The van der Waals surface area contributed by atoms with Gasteiger partial charge in [0.15, 0.2) is 34.7 Å². The van der Waals surface area contributed by atoms with Gasteiger partial charge in [-0.2, -0.15) is 0 Å². The first-order valence-corrected chi connectivity index (χ1v) is 8.25. The van der Waals surface area contributed by atoms with E-state index < -0.39 is 0 Å². The largest absolute Gasteiger partial charge is 0.515 e. The molecule has 0 aliphatic rings. The first kappa shape index (κ1) is 25.0. The van der Waals surface area contributed by atoms with Crippen molar-refractivity contribution in [2.45, 2.75) is 13.8 Å². The molecule has 0 unspecified atom stereocenters. The quantitative estimate of drug-likeness (QED) is 0.178. The van der Waals surface area contributed by atoms with E-state index in [4.69, 9.17) is 11.5 Å². The second-order valence-electron chi connectivity index (χ2n) is 4.72. The first-order valence-electron chi connectivity index (χ1n) is 7.36. The fraction of sp³-hybridized carbons (Fsp3) is 0.125. The Morgan fingerprint density at radius 3 is 1.44 bits per heavy atom. The minimum Gasteiger partial charge on any atom is -0.515 e. The number of thiol groups is 2. The molecule has 138 valence electrons. The Morgan fingerprint density at radius 2 is 1.19 bits per heavy atom. The molecule has 0 aromatic carbocycles. The molecular formula is C16H20N8S2Zn. The van der Waals surface area contributed by atoms with Gasteiger partial charge in [0.2, 0.25) is 0 Å². The number of rotatable bonds is 4. The summed E-state index contributed by atoms with van der Waals surface area (Å²) in [4.78, 5) is 8.18. The predicted octanol–water partition coefficient (Wildman–Crippen LogP) is 1.01. The summed E-state index contributed by atoms with van der Waals surface area (Å²) in [6, 6.07) is 11.1. The van der Waals surface area contributed by atoms with Gasteiger partial charge in [0.1, 0.15) is 0 Å². The Kier molecular flexibility index (Phi) is 13.0. The topological polar surface area (TPSA) is 131 Å². The minimum absolute atomic E-state index is 0. The average Bonchev–Trinajstić information content (AvgIpc) is 2.66. The number of aromatic nitrogens is 2. The van der Waals surface area contributed by atoms with Crippen LogP contribution in [-0.4, -0.2) is 31.6 Å². The average molecular weight is 454 g/mol. The Hall–Kier alpha value is -2.04. The molecule has 0 atom stereocenters. The molecule has 0 saturated heterocycles. The van der Waals surface area contributed by atoms with Crippen LogP contribution < -0.4 is 11.5 Å². The van der Waals surface area contributed by atoms with Crippen LogP contribution in [0.15, 0.2) is 59.0 Å². The van der Waals surface area contributed by atoms with Crippen LogP contribution in [0, 0.1) is 0 Å². The van der Waals surface area contributed by atoms with Crippen molar-refractivity contribution in [3.8, 4) is 0 Å². The third-order valence-corrected chi connectivity index (χ3v) is 2.85. The van der Waals surface area contributed by atoms with Gasteiger partial charge in [-0.1, -0.05) is 12.1 Å². The van der Waals surface area contributed by atoms with E-state index in [0.717, 1.165) is 11.4 Å². The maximum absolute atomic E-state index is 5.21. The van der Waals surface area contributed by atoms with E-state index in [-0.39, 0.29) is 29.7 Å². The molecule has 0 bridgehead atoms. The predicted molar refractivity (Wildman–Crippen MR) is 116 cm³/mol. The van der Waals surface area contributed by atoms with Crippen LogP contribution in [0.1, 0.15) is 25.2 Å². The zero-order valence-electron chi connectivity index (χ0n) is 15.1. The van der Waals surface area contributed by atoms with E-state index in [2.05, 4.69) is 55.5 Å². The fourth-order valence-corrected chi connectivity index (χ4v) is 1.60. The minimum atomic E-state index is 0. The zero-order valence-corrected chi connectivity index (χ0v) is 19.8. The third kappa shape index (κ3) is 11.3. The van der Waals surface area contributed by atoms with Gasteiger partial charge in [-0.05, 0) is 38.1 Å². The van der Waals surface area contributed by atoms with Crippen LogP contribution in [0.5, 0.6) is 0 Å². The van der Waals surface area contributed by atoms with Gasteiger partial charge in [0.05, 0.1) is 11.4 Å². The van der Waals surface area contributed by atoms with Crippen LogP contribution in [0.25, 0.3) is 10.9 Å². The van der Waals surface area contributed by atoms with Gasteiger partial charge in [-0.3, -0.25) is 21.4 Å². The molecular weight excluding hydrogens is 434 g/mol. The summed E-state index contributed by atoms with van der Waals surface area (Å²) >= 11 is 7.57. The summed E-state index contributed by atoms with van der Waals surface area (Å²) < 4.78 is 0. The molecule has 11 heteroatoms. The summed E-state index contributed by atoms with van der Waals surface area (Å²) in [5, 5.41) is 7.94. The van der Waals surface area contributed by atoms with Crippen molar-refractivity contribution in [1.82, 2.24) is 9.97 Å². The van der Waals surface area contributed by atoms with Crippen molar-refractivity contribution in [3.63, 3.8) is 0 Å². The smallest absolute Gasteiger partial charge is 0.183 e. The Morgan fingerprint density at radius 1 is 0.815 bits per heavy atom. The van der Waals surface area contributed by atoms with Gasteiger partial charge < -0.3 is 21.1 Å². The molecule has 2 aromatic rings. The van der Waals surface area contributed by atoms with Gasteiger partial charge in [-0.25, -0.2) is 0 Å². The number of pyridine rings is 2. The van der Waals surface area contributed by atoms with Crippen LogP contribution in [0.4, 0.5) is 0 Å². The van der Waals surface area contributed by atoms with Crippen molar-refractivity contribution in [3.05, 3.63) is 71.0 Å². The summed E-state index contributed by atoms with van der Waals surface area (Å²) in [5.41, 5.74) is 20.6. The zero-order chi connectivity index (χ0) is 19.4. The molecule has 0 aliphatic carbocycles. The molecule has 0 fully saturated rings. The molecule has 2 rings (SSSR count). The van der Waals surface area contributed by atoms with Crippen molar-refractivity contribution in [1.29, 1.82) is 0 Å². The Bertz CT molecular complexity index is 714. The normalized spacial score (nSPS) is 10.7. The molecule has 2 aromatic heterocycles. The van der Waals surface area contributed by atoms with E-state index in [1.807, 2.05) is 50.2 Å². The summed E-state index contributed by atoms with van der Waals surface area (Å²) in [6.07, 6.45) is 3.39. The van der Waals surface area contributed by atoms with Crippen LogP contribution in [0.3, 0.4) is 0 Å². The molecule has 27 heavy (non-hydrogen) atoms. The molecule has 8 nitrogen and oxygen atoms in total. The first-order chi connectivity index (χ1) is 12.4. The number of nitrogens with two attached hydrogens (primary N) is 2. The molecule has 0 aliphatic heterocycles. The molecule has 0 saturated carbocycles. The van der Waals surface area contributed by atoms with Crippen molar-refractivity contribution in [2.24, 2.45) is 21.7 Å². The number of hydrogen-bond donors (Lipinski definition) is 2. The Labute approximate surface area is 181 Å². The maximum atomic E-state index is 5.21. The monoisotopic (exact) mass is 452 g/mol. The van der Waals surface area contributed by atoms with Crippen molar-refractivity contribution in [2.75, 3.05) is 0 Å². The third-order valence-electron chi connectivity index (χ3n) is 2.68. The SMILES string of the molecule is CC(=N[N-]C(N)=[SH+])c1ccccn1.CC(=N[N-]C(N)=[SH+])c1ccccn1.[Zn].